The Balaban J connectivity index is 1.26. The second-order valence-corrected chi connectivity index (χ2v) is 11.5. The molecule has 0 bridgehead atoms. The maximum absolute atomic E-state index is 6.37. The number of rotatable bonds is 2. The largest absolute Gasteiger partial charge is 0.456 e. The fourth-order valence-electron chi connectivity index (χ4n) is 6.48. The monoisotopic (exact) mass is 526 g/mol. The highest BCUT2D eigenvalue weighted by molar-refractivity contribution is 7.26. The molecule has 2 heteroatoms. The summed E-state index contributed by atoms with van der Waals surface area (Å²) in [5.74, 6) is 1.84. The first-order valence-electron chi connectivity index (χ1n) is 13.6. The molecule has 9 rings (SSSR count). The number of hydrogen-bond donors (Lipinski definition) is 0. The molecule has 2 heterocycles. The second-order valence-electron chi connectivity index (χ2n) is 10.5. The normalized spacial score (nSPS) is 12.2. The van der Waals surface area contributed by atoms with Gasteiger partial charge in [0.05, 0.1) is 0 Å². The molecule has 0 N–H and O–H groups in total. The maximum Gasteiger partial charge on any atom is 0.135 e. The number of benzene rings is 7. The summed E-state index contributed by atoms with van der Waals surface area (Å²) in [6, 6.07) is 48.3. The summed E-state index contributed by atoms with van der Waals surface area (Å²) in [7, 11) is 0. The minimum absolute atomic E-state index is 0.910. The van der Waals surface area contributed by atoms with Gasteiger partial charge in [-0.15, -0.1) is 11.3 Å². The Kier molecular flexibility index (Phi) is 4.55. The third kappa shape index (κ3) is 3.08. The molecule has 1 aliphatic rings. The first-order chi connectivity index (χ1) is 19.8. The molecule has 186 valence electrons. The Bertz CT molecular complexity index is 2300. The lowest BCUT2D eigenvalue weighted by Gasteiger charge is -2.22. The Morgan fingerprint density at radius 3 is 2.02 bits per heavy atom. The molecule has 0 spiro atoms. The summed E-state index contributed by atoms with van der Waals surface area (Å²) in [5.41, 5.74) is 7.37. The first-order valence-corrected chi connectivity index (χ1v) is 14.4. The van der Waals surface area contributed by atoms with Gasteiger partial charge in [0.2, 0.25) is 0 Å². The highest BCUT2D eigenvalue weighted by atomic mass is 32.1. The lowest BCUT2D eigenvalue weighted by molar-refractivity contribution is 0.487. The molecule has 0 saturated carbocycles. The third-order valence-electron chi connectivity index (χ3n) is 8.29. The van der Waals surface area contributed by atoms with E-state index in [4.69, 9.17) is 4.74 Å². The number of fused-ring (bicyclic) bond motifs is 6. The van der Waals surface area contributed by atoms with Gasteiger partial charge in [0.25, 0.3) is 0 Å². The lowest BCUT2D eigenvalue weighted by Crippen LogP contribution is -1.97. The van der Waals surface area contributed by atoms with Crippen molar-refractivity contribution in [3.05, 3.63) is 133 Å². The van der Waals surface area contributed by atoms with Crippen LogP contribution in [0, 0.1) is 0 Å². The molecular formula is C38H22OS. The van der Waals surface area contributed by atoms with Gasteiger partial charge in [0, 0.05) is 36.7 Å². The average Bonchev–Trinajstić information content (AvgIpc) is 3.40. The Morgan fingerprint density at radius 2 is 1.12 bits per heavy atom. The van der Waals surface area contributed by atoms with E-state index in [-0.39, 0.29) is 0 Å². The van der Waals surface area contributed by atoms with E-state index in [0.29, 0.717) is 0 Å². The van der Waals surface area contributed by atoms with E-state index in [2.05, 4.69) is 133 Å². The average molecular weight is 527 g/mol. The van der Waals surface area contributed by atoms with Gasteiger partial charge < -0.3 is 4.74 Å². The predicted octanol–water partition coefficient (Wildman–Crippen LogP) is 11.5. The van der Waals surface area contributed by atoms with E-state index in [0.717, 1.165) is 17.1 Å². The highest BCUT2D eigenvalue weighted by Crippen LogP contribution is 2.48. The zero-order chi connectivity index (χ0) is 26.2. The van der Waals surface area contributed by atoms with Crippen molar-refractivity contribution in [2.24, 2.45) is 0 Å². The molecule has 7 aromatic carbocycles. The van der Waals surface area contributed by atoms with Crippen molar-refractivity contribution in [1.29, 1.82) is 0 Å². The van der Waals surface area contributed by atoms with E-state index in [9.17, 15) is 0 Å². The van der Waals surface area contributed by atoms with Crippen molar-refractivity contribution < 1.29 is 4.74 Å². The van der Waals surface area contributed by atoms with Crippen LogP contribution in [0.2, 0.25) is 0 Å². The molecule has 0 amide bonds. The van der Waals surface area contributed by atoms with Crippen LogP contribution < -0.4 is 4.74 Å². The molecule has 0 saturated heterocycles. The molecule has 0 fully saturated rings. The van der Waals surface area contributed by atoms with Gasteiger partial charge in [-0.3, -0.25) is 0 Å². The van der Waals surface area contributed by atoms with Crippen LogP contribution >= 0.6 is 11.3 Å². The van der Waals surface area contributed by atoms with Crippen molar-refractivity contribution in [3.63, 3.8) is 0 Å². The number of ether oxygens (including phenoxy) is 1. The standard InChI is InChI=1S/C38H22OS/c1-2-11-27-26(10-1)25(19-20-28(27)31-14-7-15-32-29-12-3-4-17-36(29)40-38(31)32)24-18-21-34-33(22-24)30-13-5-8-23-9-6-16-35(39-34)37(23)30/h1-22H. The summed E-state index contributed by atoms with van der Waals surface area (Å²) >= 11 is 1.89. The fourth-order valence-corrected chi connectivity index (χ4v) is 7.71. The van der Waals surface area contributed by atoms with Gasteiger partial charge in [-0.05, 0) is 62.7 Å². The van der Waals surface area contributed by atoms with Crippen molar-refractivity contribution in [2.75, 3.05) is 0 Å². The van der Waals surface area contributed by atoms with Crippen molar-refractivity contribution >= 4 is 53.1 Å². The molecule has 1 aromatic heterocycles. The maximum atomic E-state index is 6.37. The van der Waals surface area contributed by atoms with Crippen LogP contribution in [0.1, 0.15) is 0 Å². The predicted molar refractivity (Wildman–Crippen MR) is 171 cm³/mol. The molecule has 40 heavy (non-hydrogen) atoms. The van der Waals surface area contributed by atoms with Crippen LogP contribution in [-0.4, -0.2) is 0 Å². The Hall–Kier alpha value is -4.92. The van der Waals surface area contributed by atoms with E-state index in [1.165, 1.54) is 69.5 Å². The molecule has 0 aliphatic carbocycles. The van der Waals surface area contributed by atoms with Crippen molar-refractivity contribution in [2.45, 2.75) is 0 Å². The molecule has 8 aromatic rings. The summed E-state index contributed by atoms with van der Waals surface area (Å²) in [4.78, 5) is 0. The summed E-state index contributed by atoms with van der Waals surface area (Å²) < 4.78 is 9.05. The zero-order valence-electron chi connectivity index (χ0n) is 21.5. The third-order valence-corrected chi connectivity index (χ3v) is 9.51. The fraction of sp³-hybridized carbons (Fsp3) is 0. The molecule has 0 atom stereocenters. The van der Waals surface area contributed by atoms with Crippen LogP contribution in [0.5, 0.6) is 11.5 Å². The van der Waals surface area contributed by atoms with Gasteiger partial charge in [-0.2, -0.15) is 0 Å². The number of thiophene rings is 1. The van der Waals surface area contributed by atoms with Gasteiger partial charge in [0.1, 0.15) is 11.5 Å². The minimum atomic E-state index is 0.910. The van der Waals surface area contributed by atoms with E-state index < -0.39 is 0 Å². The number of hydrogen-bond acceptors (Lipinski definition) is 2. The Labute approximate surface area is 235 Å². The van der Waals surface area contributed by atoms with E-state index in [1.807, 2.05) is 11.3 Å². The van der Waals surface area contributed by atoms with Gasteiger partial charge in [-0.1, -0.05) is 109 Å². The Morgan fingerprint density at radius 1 is 0.425 bits per heavy atom. The van der Waals surface area contributed by atoms with Crippen LogP contribution in [0.25, 0.3) is 75.1 Å². The van der Waals surface area contributed by atoms with Gasteiger partial charge >= 0.3 is 0 Å². The molecule has 0 unspecified atom stereocenters. The SMILES string of the molecule is c1cc2c3c(cccc3c1)-c1cc(-c3ccc(-c4cccc5c4sc4ccccc45)c4ccccc34)ccc1O2. The van der Waals surface area contributed by atoms with Crippen LogP contribution in [0.3, 0.4) is 0 Å². The summed E-state index contributed by atoms with van der Waals surface area (Å²) in [6.07, 6.45) is 0. The van der Waals surface area contributed by atoms with E-state index >= 15 is 0 Å². The molecule has 1 aliphatic heterocycles. The first kappa shape index (κ1) is 22.0. The minimum Gasteiger partial charge on any atom is -0.456 e. The summed E-state index contributed by atoms with van der Waals surface area (Å²) in [6.45, 7) is 0. The van der Waals surface area contributed by atoms with Crippen LogP contribution in [0.15, 0.2) is 133 Å². The topological polar surface area (TPSA) is 9.23 Å². The smallest absolute Gasteiger partial charge is 0.135 e. The van der Waals surface area contributed by atoms with Crippen molar-refractivity contribution in [1.82, 2.24) is 0 Å². The van der Waals surface area contributed by atoms with Gasteiger partial charge in [-0.25, -0.2) is 0 Å². The van der Waals surface area contributed by atoms with E-state index in [1.54, 1.807) is 0 Å². The van der Waals surface area contributed by atoms with Gasteiger partial charge in [0.15, 0.2) is 0 Å². The highest BCUT2D eigenvalue weighted by Gasteiger charge is 2.21. The molecular weight excluding hydrogens is 504 g/mol. The molecule has 0 radical (unpaired) electrons. The second kappa shape index (κ2) is 8.29. The van der Waals surface area contributed by atoms with Crippen molar-refractivity contribution in [3.8, 4) is 44.9 Å². The summed E-state index contributed by atoms with van der Waals surface area (Å²) in [5, 5.41) is 7.58. The van der Waals surface area contributed by atoms with Crippen LogP contribution in [-0.2, 0) is 0 Å². The van der Waals surface area contributed by atoms with Crippen LogP contribution in [0.4, 0.5) is 0 Å². The lowest BCUT2D eigenvalue weighted by atomic mass is 9.89. The quantitative estimate of drug-likeness (QED) is 0.218. The molecule has 1 nitrogen and oxygen atoms in total. The zero-order valence-corrected chi connectivity index (χ0v) is 22.3.